The maximum absolute atomic E-state index is 9.00. The molecule has 1 aliphatic rings. The van der Waals surface area contributed by atoms with E-state index in [0.29, 0.717) is 6.54 Å². The normalized spacial score (nSPS) is 16.1. The first kappa shape index (κ1) is 21.3. The molecule has 1 saturated heterocycles. The monoisotopic (exact) mass is 394 g/mol. The molecule has 1 unspecified atom stereocenters. The van der Waals surface area contributed by atoms with Gasteiger partial charge in [0.2, 0.25) is 0 Å². The molecule has 2 aromatic heterocycles. The van der Waals surface area contributed by atoms with E-state index < -0.39 is 5.97 Å². The van der Waals surface area contributed by atoms with Crippen molar-refractivity contribution < 1.29 is 14.6 Å². The van der Waals surface area contributed by atoms with Gasteiger partial charge < -0.3 is 19.7 Å². The first-order valence-corrected chi connectivity index (χ1v) is 9.58. The molecule has 9 nitrogen and oxygen atoms in total. The zero-order valence-corrected chi connectivity index (χ0v) is 16.9. The van der Waals surface area contributed by atoms with Crippen molar-refractivity contribution in [3.63, 3.8) is 0 Å². The van der Waals surface area contributed by atoms with E-state index in [1.54, 1.807) is 6.20 Å². The molecule has 3 rings (SSSR count). The van der Waals surface area contributed by atoms with Crippen molar-refractivity contribution in [2.24, 2.45) is 0 Å². The topological polar surface area (TPSA) is 115 Å². The second kappa shape index (κ2) is 10.3. The molecule has 0 spiro atoms. The molecule has 0 aromatic carbocycles. The fourth-order valence-electron chi connectivity index (χ4n) is 2.56. The van der Waals surface area contributed by atoms with Crippen molar-refractivity contribution in [3.05, 3.63) is 23.4 Å². The number of hydrogen-bond donors (Lipinski definition) is 2. The summed E-state index contributed by atoms with van der Waals surface area (Å²) in [5.74, 6) is 0.0868. The van der Waals surface area contributed by atoms with Crippen LogP contribution in [0.5, 0.6) is 0 Å². The van der Waals surface area contributed by atoms with Gasteiger partial charge in [-0.15, -0.1) is 10.2 Å². The fourth-order valence-corrected chi connectivity index (χ4v) is 3.49. The van der Waals surface area contributed by atoms with Gasteiger partial charge in [-0.1, -0.05) is 0 Å². The van der Waals surface area contributed by atoms with Crippen LogP contribution in [-0.4, -0.2) is 55.6 Å². The SMILES string of the molecule is CC(=O)O.CNCc1nnc(Sc2nc(C)cnc2C)n1CC1CCCO1. The zero-order valence-electron chi connectivity index (χ0n) is 16.1. The average Bonchev–Trinajstić information content (AvgIpc) is 3.23. The molecule has 0 saturated carbocycles. The summed E-state index contributed by atoms with van der Waals surface area (Å²) >= 11 is 1.52. The van der Waals surface area contributed by atoms with Gasteiger partial charge >= 0.3 is 0 Å². The van der Waals surface area contributed by atoms with Crippen LogP contribution in [0.3, 0.4) is 0 Å². The zero-order chi connectivity index (χ0) is 19.8. The predicted molar refractivity (Wildman–Crippen MR) is 101 cm³/mol. The molecule has 148 valence electrons. The molecule has 1 fully saturated rings. The first-order valence-electron chi connectivity index (χ1n) is 8.76. The Morgan fingerprint density at radius 2 is 2.19 bits per heavy atom. The lowest BCUT2D eigenvalue weighted by molar-refractivity contribution is -0.134. The number of aryl methyl sites for hydroxylation is 2. The van der Waals surface area contributed by atoms with Gasteiger partial charge in [-0.25, -0.2) is 4.98 Å². The Bertz CT molecular complexity index is 757. The number of aromatic nitrogens is 5. The average molecular weight is 395 g/mol. The van der Waals surface area contributed by atoms with Crippen LogP contribution in [0.4, 0.5) is 0 Å². The lowest BCUT2D eigenvalue weighted by Gasteiger charge is -2.14. The summed E-state index contributed by atoms with van der Waals surface area (Å²) < 4.78 is 7.91. The van der Waals surface area contributed by atoms with Crippen LogP contribution >= 0.6 is 11.8 Å². The molecule has 3 heterocycles. The van der Waals surface area contributed by atoms with Crippen LogP contribution in [0, 0.1) is 13.8 Å². The minimum absolute atomic E-state index is 0.241. The highest BCUT2D eigenvalue weighted by molar-refractivity contribution is 7.99. The van der Waals surface area contributed by atoms with Crippen molar-refractivity contribution in [1.82, 2.24) is 30.0 Å². The summed E-state index contributed by atoms with van der Waals surface area (Å²) in [4.78, 5) is 17.9. The molecule has 27 heavy (non-hydrogen) atoms. The van der Waals surface area contributed by atoms with Crippen molar-refractivity contribution in [2.45, 2.75) is 63.0 Å². The Morgan fingerprint density at radius 1 is 1.44 bits per heavy atom. The largest absolute Gasteiger partial charge is 0.481 e. The van der Waals surface area contributed by atoms with Gasteiger partial charge in [0.05, 0.1) is 30.6 Å². The highest BCUT2D eigenvalue weighted by atomic mass is 32.2. The quantitative estimate of drug-likeness (QED) is 0.757. The van der Waals surface area contributed by atoms with Crippen LogP contribution in [0.25, 0.3) is 0 Å². The Kier molecular flexibility index (Phi) is 8.14. The van der Waals surface area contributed by atoms with Gasteiger partial charge in [-0.05, 0) is 45.5 Å². The van der Waals surface area contributed by atoms with E-state index in [1.807, 2.05) is 20.9 Å². The molecule has 0 bridgehead atoms. The minimum Gasteiger partial charge on any atom is -0.481 e. The Hall–Kier alpha value is -2.04. The van der Waals surface area contributed by atoms with E-state index in [-0.39, 0.29) is 6.10 Å². The van der Waals surface area contributed by atoms with Crippen molar-refractivity contribution >= 4 is 17.7 Å². The molecular formula is C17H26N6O3S. The van der Waals surface area contributed by atoms with Crippen LogP contribution in [0.15, 0.2) is 16.4 Å². The number of nitrogens with one attached hydrogen (secondary N) is 1. The third kappa shape index (κ3) is 6.56. The van der Waals surface area contributed by atoms with E-state index >= 15 is 0 Å². The van der Waals surface area contributed by atoms with E-state index in [1.165, 1.54) is 11.8 Å². The smallest absolute Gasteiger partial charge is 0.300 e. The summed E-state index contributed by atoms with van der Waals surface area (Å²) in [5.41, 5.74) is 1.81. The second-order valence-corrected chi connectivity index (χ2v) is 7.15. The first-order chi connectivity index (χ1) is 12.9. The van der Waals surface area contributed by atoms with Gasteiger partial charge in [0, 0.05) is 19.7 Å². The van der Waals surface area contributed by atoms with E-state index in [4.69, 9.17) is 14.6 Å². The highest BCUT2D eigenvalue weighted by Crippen LogP contribution is 2.28. The van der Waals surface area contributed by atoms with Crippen LogP contribution < -0.4 is 5.32 Å². The number of aliphatic carboxylic acids is 1. The van der Waals surface area contributed by atoms with Crippen molar-refractivity contribution in [1.29, 1.82) is 0 Å². The molecule has 2 aromatic rings. The lowest BCUT2D eigenvalue weighted by atomic mass is 10.2. The molecule has 0 amide bonds. The fraction of sp³-hybridized carbons (Fsp3) is 0.588. The van der Waals surface area contributed by atoms with Crippen LogP contribution in [-0.2, 0) is 22.6 Å². The molecule has 1 atom stereocenters. The number of ether oxygens (including phenoxy) is 1. The minimum atomic E-state index is -0.833. The third-order valence-electron chi connectivity index (χ3n) is 3.76. The van der Waals surface area contributed by atoms with Crippen molar-refractivity contribution in [2.75, 3.05) is 13.7 Å². The molecule has 1 aliphatic heterocycles. The number of carboxylic acid groups (broad SMARTS) is 1. The standard InChI is InChI=1S/C15H22N6OS.C2H4O2/c1-10-7-17-11(2)14(18-10)23-15-20-19-13(8-16-3)21(15)9-12-5-4-6-22-12;1-2(3)4/h7,12,16H,4-6,8-9H2,1-3H3;1H3,(H,3,4). The number of carboxylic acids is 1. The van der Waals surface area contributed by atoms with Gasteiger partial charge in [0.25, 0.3) is 5.97 Å². The maximum Gasteiger partial charge on any atom is 0.300 e. The van der Waals surface area contributed by atoms with E-state index in [0.717, 1.165) is 60.3 Å². The second-order valence-electron chi connectivity index (χ2n) is 6.20. The molecule has 0 radical (unpaired) electrons. The maximum atomic E-state index is 9.00. The highest BCUT2D eigenvalue weighted by Gasteiger charge is 2.21. The van der Waals surface area contributed by atoms with E-state index in [9.17, 15) is 0 Å². The molecule has 2 N–H and O–H groups in total. The number of nitrogens with zero attached hydrogens (tertiary/aromatic N) is 5. The number of hydrogen-bond acceptors (Lipinski definition) is 8. The summed E-state index contributed by atoms with van der Waals surface area (Å²) in [6.45, 7) is 7.30. The number of carbonyl (C=O) groups is 1. The van der Waals surface area contributed by atoms with Gasteiger partial charge in [0.1, 0.15) is 10.9 Å². The van der Waals surface area contributed by atoms with E-state index in [2.05, 4.69) is 30.0 Å². The van der Waals surface area contributed by atoms with Gasteiger partial charge in [0.15, 0.2) is 5.16 Å². The Labute approximate surface area is 163 Å². The van der Waals surface area contributed by atoms with Crippen LogP contribution in [0.1, 0.15) is 37.0 Å². The third-order valence-corrected chi connectivity index (χ3v) is 4.82. The lowest BCUT2D eigenvalue weighted by Crippen LogP contribution is -2.20. The molecule has 0 aliphatic carbocycles. The summed E-state index contributed by atoms with van der Waals surface area (Å²) in [5, 5.41) is 21.0. The number of rotatable bonds is 6. The summed E-state index contributed by atoms with van der Waals surface area (Å²) in [7, 11) is 1.91. The van der Waals surface area contributed by atoms with Crippen LogP contribution in [0.2, 0.25) is 0 Å². The van der Waals surface area contributed by atoms with Gasteiger partial charge in [-0.2, -0.15) is 0 Å². The summed E-state index contributed by atoms with van der Waals surface area (Å²) in [6.07, 6.45) is 4.23. The predicted octanol–water partition coefficient (Wildman–Crippen LogP) is 1.83. The Morgan fingerprint density at radius 3 is 2.81 bits per heavy atom. The molecule has 10 heteroatoms. The summed E-state index contributed by atoms with van der Waals surface area (Å²) in [6, 6.07) is 0. The Balaban J connectivity index is 0.000000596. The van der Waals surface area contributed by atoms with Gasteiger partial charge in [-0.3, -0.25) is 9.78 Å². The molecular weight excluding hydrogens is 368 g/mol. The van der Waals surface area contributed by atoms with Crippen molar-refractivity contribution in [3.8, 4) is 0 Å².